The summed E-state index contributed by atoms with van der Waals surface area (Å²) in [5, 5.41) is 0. The van der Waals surface area contributed by atoms with Crippen molar-refractivity contribution in [2.24, 2.45) is 5.92 Å². The number of H-pyrrole nitrogens is 1. The molecule has 0 bridgehead atoms. The first-order valence-corrected chi connectivity index (χ1v) is 8.51. The molecule has 3 nitrogen and oxygen atoms in total. The molecule has 0 saturated carbocycles. The standard InChI is InChI=1S/C15H19BrFN3S/c1-19-5-2-10(3-6-19)4-7-20-14-8-11(16)12(17)9-13(14)18-15(20)21/h8-10H,2-7H2,1H3,(H,18,21). The molecule has 6 heteroatoms. The second-order valence-electron chi connectivity index (χ2n) is 5.90. The highest BCUT2D eigenvalue weighted by Gasteiger charge is 2.17. The van der Waals surface area contributed by atoms with Crippen molar-refractivity contribution in [3.05, 3.63) is 27.2 Å². The Morgan fingerprint density at radius 1 is 1.38 bits per heavy atom. The number of rotatable bonds is 3. The van der Waals surface area contributed by atoms with Crippen LogP contribution < -0.4 is 0 Å². The summed E-state index contributed by atoms with van der Waals surface area (Å²) in [4.78, 5) is 5.48. The van der Waals surface area contributed by atoms with Crippen molar-refractivity contribution in [3.63, 3.8) is 0 Å². The molecule has 2 heterocycles. The molecule has 1 aromatic carbocycles. The van der Waals surface area contributed by atoms with Gasteiger partial charge in [-0.2, -0.15) is 0 Å². The van der Waals surface area contributed by atoms with Gasteiger partial charge in [0, 0.05) is 12.6 Å². The molecule has 3 rings (SSSR count). The van der Waals surface area contributed by atoms with Crippen LogP contribution in [0.1, 0.15) is 19.3 Å². The summed E-state index contributed by atoms with van der Waals surface area (Å²) in [5.74, 6) is 0.498. The molecule has 0 radical (unpaired) electrons. The van der Waals surface area contributed by atoms with Crippen LogP contribution in [-0.4, -0.2) is 34.6 Å². The number of nitrogens with one attached hydrogen (secondary N) is 1. The molecule has 1 aliphatic heterocycles. The van der Waals surface area contributed by atoms with E-state index in [2.05, 4.69) is 37.4 Å². The van der Waals surface area contributed by atoms with Crippen molar-refractivity contribution in [3.8, 4) is 0 Å². The van der Waals surface area contributed by atoms with E-state index in [1.807, 2.05) is 6.07 Å². The molecule has 1 N–H and O–H groups in total. The lowest BCUT2D eigenvalue weighted by Crippen LogP contribution is -2.30. The van der Waals surface area contributed by atoms with E-state index < -0.39 is 0 Å². The van der Waals surface area contributed by atoms with Crippen LogP contribution >= 0.6 is 28.1 Å². The van der Waals surface area contributed by atoms with Crippen molar-refractivity contribution in [1.29, 1.82) is 0 Å². The number of benzene rings is 1. The maximum atomic E-state index is 13.6. The Morgan fingerprint density at radius 2 is 2.10 bits per heavy atom. The van der Waals surface area contributed by atoms with Crippen molar-refractivity contribution < 1.29 is 4.39 Å². The van der Waals surface area contributed by atoms with Crippen LogP contribution in [0.3, 0.4) is 0 Å². The Bertz CT molecular complexity index is 701. The number of halogens is 2. The number of aromatic nitrogens is 2. The van der Waals surface area contributed by atoms with E-state index in [0.29, 0.717) is 9.24 Å². The zero-order valence-corrected chi connectivity index (χ0v) is 14.4. The molecule has 0 atom stereocenters. The zero-order valence-electron chi connectivity index (χ0n) is 12.0. The van der Waals surface area contributed by atoms with E-state index in [1.54, 1.807) is 0 Å². The fraction of sp³-hybridized carbons (Fsp3) is 0.533. The van der Waals surface area contributed by atoms with Gasteiger partial charge in [-0.1, -0.05) is 0 Å². The summed E-state index contributed by atoms with van der Waals surface area (Å²) in [6.07, 6.45) is 3.64. The minimum absolute atomic E-state index is 0.263. The van der Waals surface area contributed by atoms with E-state index in [9.17, 15) is 4.39 Å². The number of hydrogen-bond acceptors (Lipinski definition) is 2. The van der Waals surface area contributed by atoms with E-state index in [4.69, 9.17) is 12.2 Å². The van der Waals surface area contributed by atoms with Crippen LogP contribution in [0.15, 0.2) is 16.6 Å². The smallest absolute Gasteiger partial charge is 0.178 e. The predicted octanol–water partition coefficient (Wildman–Crippen LogP) is 4.33. The van der Waals surface area contributed by atoms with Gasteiger partial charge in [0.15, 0.2) is 4.77 Å². The summed E-state index contributed by atoms with van der Waals surface area (Å²) in [6, 6.07) is 3.31. The third kappa shape index (κ3) is 3.22. The van der Waals surface area contributed by atoms with Crippen LogP contribution in [-0.2, 0) is 6.54 Å². The molecular formula is C15H19BrFN3S. The minimum Gasteiger partial charge on any atom is -0.330 e. The number of fused-ring (bicyclic) bond motifs is 1. The van der Waals surface area contributed by atoms with Crippen LogP contribution in [0.4, 0.5) is 4.39 Å². The summed E-state index contributed by atoms with van der Waals surface area (Å²) >= 11 is 8.64. The van der Waals surface area contributed by atoms with E-state index in [1.165, 1.54) is 32.0 Å². The maximum Gasteiger partial charge on any atom is 0.178 e. The third-order valence-corrected chi connectivity index (χ3v) is 5.35. The molecular weight excluding hydrogens is 353 g/mol. The highest BCUT2D eigenvalue weighted by atomic mass is 79.9. The number of imidazole rings is 1. The van der Waals surface area contributed by atoms with Gasteiger partial charge < -0.3 is 14.5 Å². The van der Waals surface area contributed by atoms with Gasteiger partial charge in [-0.15, -0.1) is 0 Å². The lowest BCUT2D eigenvalue weighted by molar-refractivity contribution is 0.208. The van der Waals surface area contributed by atoms with Gasteiger partial charge in [0.2, 0.25) is 0 Å². The fourth-order valence-corrected chi connectivity index (χ4v) is 3.67. The van der Waals surface area contributed by atoms with Crippen molar-refractivity contribution in [1.82, 2.24) is 14.5 Å². The SMILES string of the molecule is CN1CCC(CCn2c(=S)[nH]c3cc(F)c(Br)cc32)CC1. The normalized spacial score (nSPS) is 17.7. The maximum absolute atomic E-state index is 13.6. The molecule has 114 valence electrons. The van der Waals surface area contributed by atoms with Crippen molar-refractivity contribution >= 4 is 39.2 Å². The van der Waals surface area contributed by atoms with E-state index in [-0.39, 0.29) is 5.82 Å². The second-order valence-corrected chi connectivity index (χ2v) is 7.14. The second kappa shape index (κ2) is 6.18. The summed E-state index contributed by atoms with van der Waals surface area (Å²) in [5.41, 5.74) is 1.74. The van der Waals surface area contributed by atoms with Gasteiger partial charge in [0.1, 0.15) is 5.82 Å². The Labute approximate surface area is 137 Å². The van der Waals surface area contributed by atoms with Gasteiger partial charge in [-0.05, 0) is 79.5 Å². The number of piperidine rings is 1. The molecule has 1 fully saturated rings. The van der Waals surface area contributed by atoms with Gasteiger partial charge in [0.05, 0.1) is 15.5 Å². The first-order valence-electron chi connectivity index (χ1n) is 7.30. The fourth-order valence-electron chi connectivity index (χ4n) is 3.04. The highest BCUT2D eigenvalue weighted by molar-refractivity contribution is 9.10. The molecule has 0 amide bonds. The van der Waals surface area contributed by atoms with Gasteiger partial charge in [-0.3, -0.25) is 0 Å². The molecule has 1 aliphatic rings. The first-order chi connectivity index (χ1) is 10.0. The number of nitrogens with zero attached hydrogens (tertiary/aromatic N) is 2. The first kappa shape index (κ1) is 15.2. The van der Waals surface area contributed by atoms with Crippen molar-refractivity contribution in [2.75, 3.05) is 20.1 Å². The molecule has 1 saturated heterocycles. The quantitative estimate of drug-likeness (QED) is 0.811. The number of hydrogen-bond donors (Lipinski definition) is 1. The van der Waals surface area contributed by atoms with Crippen LogP contribution in [0.5, 0.6) is 0 Å². The summed E-state index contributed by atoms with van der Waals surface area (Å²) in [6.45, 7) is 3.26. The third-order valence-electron chi connectivity index (χ3n) is 4.42. The minimum atomic E-state index is -0.263. The van der Waals surface area contributed by atoms with Gasteiger partial charge in [0.25, 0.3) is 0 Å². The molecule has 0 spiro atoms. The van der Waals surface area contributed by atoms with E-state index >= 15 is 0 Å². The van der Waals surface area contributed by atoms with Crippen molar-refractivity contribution in [2.45, 2.75) is 25.8 Å². The monoisotopic (exact) mass is 371 g/mol. The average molecular weight is 372 g/mol. The molecule has 2 aromatic rings. The van der Waals surface area contributed by atoms with Crippen LogP contribution in [0.25, 0.3) is 11.0 Å². The molecule has 1 aromatic heterocycles. The van der Waals surface area contributed by atoms with Gasteiger partial charge >= 0.3 is 0 Å². The Morgan fingerprint density at radius 3 is 2.81 bits per heavy atom. The number of aromatic amines is 1. The lowest BCUT2D eigenvalue weighted by atomic mass is 9.94. The van der Waals surface area contributed by atoms with Crippen LogP contribution in [0.2, 0.25) is 0 Å². The predicted molar refractivity (Wildman–Crippen MR) is 89.6 cm³/mol. The Balaban J connectivity index is 1.79. The average Bonchev–Trinajstić information content (AvgIpc) is 2.74. The van der Waals surface area contributed by atoms with Gasteiger partial charge in [-0.25, -0.2) is 4.39 Å². The summed E-state index contributed by atoms with van der Waals surface area (Å²) in [7, 11) is 2.18. The topological polar surface area (TPSA) is 24.0 Å². The molecule has 21 heavy (non-hydrogen) atoms. The largest absolute Gasteiger partial charge is 0.330 e. The number of aryl methyl sites for hydroxylation is 1. The lowest BCUT2D eigenvalue weighted by Gasteiger charge is -2.28. The molecule has 0 unspecified atom stereocenters. The Hall–Kier alpha value is -0.720. The number of likely N-dealkylation sites (tertiary alicyclic amines) is 1. The summed E-state index contributed by atoms with van der Waals surface area (Å²) < 4.78 is 16.8. The highest BCUT2D eigenvalue weighted by Crippen LogP contribution is 2.25. The zero-order chi connectivity index (χ0) is 15.0. The molecule has 0 aliphatic carbocycles. The Kier molecular flexibility index (Phi) is 4.47. The van der Waals surface area contributed by atoms with Crippen LogP contribution in [0, 0.1) is 16.5 Å². The van der Waals surface area contributed by atoms with E-state index in [0.717, 1.165) is 29.9 Å².